The zero-order chi connectivity index (χ0) is 15.0. The fraction of sp³-hybridized carbons (Fsp3) is 0.667. The van der Waals surface area contributed by atoms with E-state index in [-0.39, 0.29) is 6.04 Å². The first-order valence-corrected chi connectivity index (χ1v) is 4.51. The zero-order valence-electron chi connectivity index (χ0n) is 10.5. The first kappa shape index (κ1) is 24.5. The molecule has 0 spiro atoms. The van der Waals surface area contributed by atoms with Crippen LogP contribution < -0.4 is 11.5 Å². The van der Waals surface area contributed by atoms with Gasteiger partial charge in [-0.15, -0.1) is 0 Å². The second-order valence-corrected chi connectivity index (χ2v) is 2.77. The van der Waals surface area contributed by atoms with Gasteiger partial charge in [-0.25, -0.2) is 0 Å². The van der Waals surface area contributed by atoms with Gasteiger partial charge in [0.05, 0.1) is 0 Å². The smallest absolute Gasteiger partial charge is 0.300 e. The second-order valence-electron chi connectivity index (χ2n) is 2.77. The summed E-state index contributed by atoms with van der Waals surface area (Å²) in [7, 11) is 0. The molecule has 0 aromatic heterocycles. The molecule has 0 aromatic carbocycles. The maximum Gasteiger partial charge on any atom is 0.300 e. The number of nitrogens with two attached hydrogens (primary N) is 2. The van der Waals surface area contributed by atoms with Crippen LogP contribution in [0.3, 0.4) is 0 Å². The average Bonchev–Trinajstić information content (AvgIpc) is 2.00. The van der Waals surface area contributed by atoms with Crippen molar-refractivity contribution in [1.82, 2.24) is 0 Å². The lowest BCUT2D eigenvalue weighted by Gasteiger charge is -1.92. The van der Waals surface area contributed by atoms with Gasteiger partial charge in [-0.3, -0.25) is 14.4 Å². The van der Waals surface area contributed by atoms with Crippen LogP contribution in [0.2, 0.25) is 0 Å². The molecule has 1 atom stereocenters. The van der Waals surface area contributed by atoms with E-state index in [4.69, 9.17) is 41.2 Å². The third-order valence-corrected chi connectivity index (χ3v) is 0.372. The minimum Gasteiger partial charge on any atom is -0.481 e. The maximum atomic E-state index is 9.00. The van der Waals surface area contributed by atoms with Gasteiger partial charge in [0.25, 0.3) is 17.9 Å². The summed E-state index contributed by atoms with van der Waals surface area (Å²) in [5.74, 6) is -2.50. The van der Waals surface area contributed by atoms with E-state index in [2.05, 4.69) is 0 Å². The molecule has 0 bridgehead atoms. The van der Waals surface area contributed by atoms with Gasteiger partial charge >= 0.3 is 0 Å². The standard InChI is InChI=1S/C3H10N2.3C2H4O2/c1-3(5)2-4;3*1-2(3)4/h3H,2,4-5H2,1H3;3*1H3,(H,3,4). The van der Waals surface area contributed by atoms with Gasteiger partial charge in [-0.1, -0.05) is 0 Å². The van der Waals surface area contributed by atoms with Gasteiger partial charge in [-0.2, -0.15) is 0 Å². The van der Waals surface area contributed by atoms with Gasteiger partial charge in [-0.05, 0) is 6.92 Å². The quantitative estimate of drug-likeness (QED) is 0.420. The maximum absolute atomic E-state index is 9.00. The fourth-order valence-corrected chi connectivity index (χ4v) is 0. The number of carboxylic acid groups (broad SMARTS) is 3. The Balaban J connectivity index is -0.0000000667. The van der Waals surface area contributed by atoms with Gasteiger partial charge in [0.15, 0.2) is 0 Å². The molecule has 17 heavy (non-hydrogen) atoms. The van der Waals surface area contributed by atoms with Gasteiger partial charge in [0, 0.05) is 33.4 Å². The SMILES string of the molecule is CC(=O)O.CC(=O)O.CC(=O)O.CC(N)CN. The summed E-state index contributed by atoms with van der Waals surface area (Å²) in [5.41, 5.74) is 10.2. The highest BCUT2D eigenvalue weighted by molar-refractivity contribution is 5.63. The molecule has 104 valence electrons. The normalized spacial score (nSPS) is 8.82. The van der Waals surface area contributed by atoms with E-state index in [1.165, 1.54) is 0 Å². The van der Waals surface area contributed by atoms with Crippen LogP contribution in [0.1, 0.15) is 27.7 Å². The van der Waals surface area contributed by atoms with E-state index in [1.54, 1.807) is 0 Å². The molecule has 8 heteroatoms. The minimum absolute atomic E-state index is 0.162. The Morgan fingerprint density at radius 2 is 1.00 bits per heavy atom. The van der Waals surface area contributed by atoms with Crippen molar-refractivity contribution in [2.75, 3.05) is 6.54 Å². The van der Waals surface area contributed by atoms with E-state index >= 15 is 0 Å². The number of hydrogen-bond donors (Lipinski definition) is 5. The van der Waals surface area contributed by atoms with Crippen LogP contribution >= 0.6 is 0 Å². The molecule has 0 radical (unpaired) electrons. The molecular weight excluding hydrogens is 232 g/mol. The van der Waals surface area contributed by atoms with Gasteiger partial charge in [0.1, 0.15) is 0 Å². The van der Waals surface area contributed by atoms with Crippen LogP contribution in [-0.4, -0.2) is 45.8 Å². The van der Waals surface area contributed by atoms with E-state index in [9.17, 15) is 0 Å². The Morgan fingerprint density at radius 3 is 1.00 bits per heavy atom. The lowest BCUT2D eigenvalue weighted by Crippen LogP contribution is -2.25. The minimum atomic E-state index is -0.833. The topological polar surface area (TPSA) is 164 Å². The summed E-state index contributed by atoms with van der Waals surface area (Å²) in [6.07, 6.45) is 0. The molecule has 0 aromatic rings. The Morgan fingerprint density at radius 1 is 0.941 bits per heavy atom. The first-order valence-electron chi connectivity index (χ1n) is 4.51. The molecular formula is C9H22N2O6. The van der Waals surface area contributed by atoms with E-state index in [0.717, 1.165) is 20.8 Å². The highest BCUT2D eigenvalue weighted by atomic mass is 16.4. The number of carbonyl (C=O) groups is 3. The lowest BCUT2D eigenvalue weighted by atomic mass is 10.4. The molecule has 8 nitrogen and oxygen atoms in total. The van der Waals surface area contributed by atoms with Crippen LogP contribution in [0.5, 0.6) is 0 Å². The fourth-order valence-electron chi connectivity index (χ4n) is 0. The number of rotatable bonds is 1. The molecule has 0 fully saturated rings. The van der Waals surface area contributed by atoms with Crippen LogP contribution in [0.4, 0.5) is 0 Å². The molecule has 0 aliphatic rings. The summed E-state index contributed by atoms with van der Waals surface area (Å²) >= 11 is 0. The molecule has 0 saturated carbocycles. The van der Waals surface area contributed by atoms with Crippen molar-refractivity contribution in [3.63, 3.8) is 0 Å². The number of aliphatic carboxylic acids is 3. The first-order chi connectivity index (χ1) is 7.47. The van der Waals surface area contributed by atoms with Crippen molar-refractivity contribution < 1.29 is 29.7 Å². The average molecular weight is 254 g/mol. The largest absolute Gasteiger partial charge is 0.481 e. The highest BCUT2D eigenvalue weighted by Gasteiger charge is 1.79. The van der Waals surface area contributed by atoms with Gasteiger partial charge in [0.2, 0.25) is 0 Å². The molecule has 7 N–H and O–H groups in total. The van der Waals surface area contributed by atoms with Crippen molar-refractivity contribution in [2.24, 2.45) is 11.5 Å². The zero-order valence-corrected chi connectivity index (χ0v) is 10.5. The van der Waals surface area contributed by atoms with Crippen molar-refractivity contribution in [2.45, 2.75) is 33.7 Å². The Labute approximate surface area is 100 Å². The third kappa shape index (κ3) is 20000. The Hall–Kier alpha value is -1.67. The van der Waals surface area contributed by atoms with Crippen LogP contribution in [0.15, 0.2) is 0 Å². The van der Waals surface area contributed by atoms with Crippen LogP contribution in [0.25, 0.3) is 0 Å². The molecule has 0 aliphatic carbocycles. The van der Waals surface area contributed by atoms with Crippen molar-refractivity contribution in [3.8, 4) is 0 Å². The van der Waals surface area contributed by atoms with Crippen molar-refractivity contribution >= 4 is 17.9 Å². The van der Waals surface area contributed by atoms with E-state index in [0.29, 0.717) is 6.54 Å². The predicted octanol–water partition coefficient (Wildman–Crippen LogP) is -0.435. The molecule has 0 amide bonds. The van der Waals surface area contributed by atoms with Gasteiger partial charge < -0.3 is 26.8 Å². The summed E-state index contributed by atoms with van der Waals surface area (Å²) in [6, 6.07) is 0.162. The van der Waals surface area contributed by atoms with Crippen molar-refractivity contribution in [3.05, 3.63) is 0 Å². The van der Waals surface area contributed by atoms with Crippen LogP contribution in [0, 0.1) is 0 Å². The molecule has 1 unspecified atom stereocenters. The summed E-state index contributed by atoms with van der Waals surface area (Å²) < 4.78 is 0. The summed E-state index contributed by atoms with van der Waals surface area (Å²) in [5, 5.41) is 22.2. The highest BCUT2D eigenvalue weighted by Crippen LogP contribution is 1.59. The molecule has 0 aliphatic heterocycles. The summed E-state index contributed by atoms with van der Waals surface area (Å²) in [6.45, 7) is 5.71. The Kier molecular flexibility index (Phi) is 28.6. The lowest BCUT2D eigenvalue weighted by molar-refractivity contribution is -0.135. The number of carboxylic acids is 3. The molecule has 0 rings (SSSR count). The van der Waals surface area contributed by atoms with E-state index < -0.39 is 17.9 Å². The Bertz CT molecular complexity index is 165. The second kappa shape index (κ2) is 19.8. The third-order valence-electron chi connectivity index (χ3n) is 0.372. The number of hydrogen-bond acceptors (Lipinski definition) is 5. The predicted molar refractivity (Wildman–Crippen MR) is 62.6 cm³/mol. The molecule has 0 heterocycles. The molecule has 0 saturated heterocycles. The van der Waals surface area contributed by atoms with E-state index in [1.807, 2.05) is 6.92 Å². The van der Waals surface area contributed by atoms with Crippen molar-refractivity contribution in [1.29, 1.82) is 0 Å². The monoisotopic (exact) mass is 254 g/mol. The summed E-state index contributed by atoms with van der Waals surface area (Å²) in [4.78, 5) is 27.0. The van der Waals surface area contributed by atoms with Crippen LogP contribution in [-0.2, 0) is 14.4 Å².